The summed E-state index contributed by atoms with van der Waals surface area (Å²) in [7, 11) is 0. The van der Waals surface area contributed by atoms with Crippen molar-refractivity contribution in [2.24, 2.45) is 0 Å². The molecule has 1 atom stereocenters. The summed E-state index contributed by atoms with van der Waals surface area (Å²) in [4.78, 5) is 39.3. The van der Waals surface area contributed by atoms with Crippen molar-refractivity contribution in [3.8, 4) is 0 Å². The fourth-order valence-corrected chi connectivity index (χ4v) is 5.93. The summed E-state index contributed by atoms with van der Waals surface area (Å²) in [6.07, 6.45) is 0.576. The lowest BCUT2D eigenvalue weighted by Gasteiger charge is -2.49. The van der Waals surface area contributed by atoms with Gasteiger partial charge in [0.05, 0.1) is 16.2 Å². The molecule has 3 aliphatic rings. The van der Waals surface area contributed by atoms with Crippen LogP contribution in [-0.4, -0.2) is 22.6 Å². The molecule has 1 N–H and O–H groups in total. The van der Waals surface area contributed by atoms with Gasteiger partial charge in [-0.3, -0.25) is 19.7 Å². The van der Waals surface area contributed by atoms with Crippen LogP contribution in [-0.2, 0) is 15.0 Å². The van der Waals surface area contributed by atoms with Gasteiger partial charge in [-0.15, -0.1) is 0 Å². The number of thioether (sulfide) groups is 1. The number of hydrogen-bond donors (Lipinski definition) is 1. The van der Waals surface area contributed by atoms with E-state index >= 15 is 0 Å². The number of carbonyl (C=O) groups is 3. The zero-order chi connectivity index (χ0) is 21.4. The van der Waals surface area contributed by atoms with Crippen LogP contribution >= 0.6 is 11.8 Å². The molecule has 7 heteroatoms. The minimum Gasteiger partial charge on any atom is -0.302 e. The second-order valence-corrected chi connectivity index (χ2v) is 9.71. The van der Waals surface area contributed by atoms with Crippen LogP contribution < -0.4 is 10.2 Å². The van der Waals surface area contributed by atoms with Crippen LogP contribution in [0.2, 0.25) is 0 Å². The smallest absolute Gasteiger partial charge is 0.290 e. The number of nitrogens with one attached hydrogen (secondary N) is 1. The number of benzene rings is 2. The summed E-state index contributed by atoms with van der Waals surface area (Å²) in [5, 5.41) is 1.67. The van der Waals surface area contributed by atoms with Crippen molar-refractivity contribution < 1.29 is 18.8 Å². The largest absolute Gasteiger partial charge is 0.302 e. The maximum absolute atomic E-state index is 14.8. The Hall–Kier alpha value is -2.93. The van der Waals surface area contributed by atoms with Crippen LogP contribution in [0.3, 0.4) is 0 Å². The number of hydrogen-bond acceptors (Lipinski definition) is 4. The number of halogens is 1. The molecule has 1 unspecified atom stereocenters. The van der Waals surface area contributed by atoms with Crippen LogP contribution in [0.5, 0.6) is 0 Å². The van der Waals surface area contributed by atoms with E-state index in [-0.39, 0.29) is 16.4 Å². The van der Waals surface area contributed by atoms with E-state index < -0.39 is 27.9 Å². The number of carbonyl (C=O) groups excluding carboxylic acids is 3. The standard InChI is InChI=1S/C23H19FN2O3S/c1-22(2)11-23(3,12-7-5-4-6-8-12)15-10-13(24)9-14-16(20(28)26(22)17(14)15)18-19(27)25-21(29)30-18/h4-10H,11H2,1-3H3,(H,25,27,29)/b18-16-. The Morgan fingerprint density at radius 1 is 1.07 bits per heavy atom. The molecule has 0 spiro atoms. The molecule has 0 saturated carbocycles. The van der Waals surface area contributed by atoms with Crippen molar-refractivity contribution in [3.05, 3.63) is 69.9 Å². The van der Waals surface area contributed by atoms with Crippen molar-refractivity contribution in [2.75, 3.05) is 4.90 Å². The van der Waals surface area contributed by atoms with Crippen molar-refractivity contribution >= 4 is 40.1 Å². The van der Waals surface area contributed by atoms with Gasteiger partial charge < -0.3 is 4.90 Å². The molecule has 2 aromatic rings. The third kappa shape index (κ3) is 2.45. The average Bonchev–Trinajstić information content (AvgIpc) is 3.15. The van der Waals surface area contributed by atoms with Crippen molar-refractivity contribution in [3.63, 3.8) is 0 Å². The van der Waals surface area contributed by atoms with Crippen LogP contribution in [0.25, 0.3) is 5.57 Å². The zero-order valence-electron chi connectivity index (χ0n) is 16.7. The van der Waals surface area contributed by atoms with Gasteiger partial charge in [-0.25, -0.2) is 4.39 Å². The second-order valence-electron chi connectivity index (χ2n) is 8.73. The Kier molecular flexibility index (Phi) is 3.84. The first kappa shape index (κ1) is 19.1. The van der Waals surface area contributed by atoms with E-state index in [1.165, 1.54) is 12.1 Å². The summed E-state index contributed by atoms with van der Waals surface area (Å²) in [6.45, 7) is 6.01. The van der Waals surface area contributed by atoms with E-state index in [2.05, 4.69) is 12.2 Å². The maximum Gasteiger partial charge on any atom is 0.290 e. The highest BCUT2D eigenvalue weighted by Gasteiger charge is 2.54. The summed E-state index contributed by atoms with van der Waals surface area (Å²) >= 11 is 0.689. The van der Waals surface area contributed by atoms with Crippen molar-refractivity contribution in [1.82, 2.24) is 5.32 Å². The molecule has 0 aromatic heterocycles. The lowest BCUT2D eigenvalue weighted by Crippen LogP contribution is -2.54. The minimum absolute atomic E-state index is 0.0319. The Morgan fingerprint density at radius 3 is 2.40 bits per heavy atom. The maximum atomic E-state index is 14.8. The summed E-state index contributed by atoms with van der Waals surface area (Å²) < 4.78 is 14.8. The van der Waals surface area contributed by atoms with E-state index in [4.69, 9.17) is 0 Å². The first-order valence-corrected chi connectivity index (χ1v) is 10.5. The Bertz CT molecular complexity index is 1190. The fourth-order valence-electron chi connectivity index (χ4n) is 5.16. The quantitative estimate of drug-likeness (QED) is 0.694. The highest BCUT2D eigenvalue weighted by atomic mass is 32.2. The fraction of sp³-hybridized carbons (Fsp3) is 0.261. The van der Waals surface area contributed by atoms with Gasteiger partial charge in [-0.05, 0) is 55.3 Å². The van der Waals surface area contributed by atoms with Gasteiger partial charge in [0.25, 0.3) is 17.1 Å². The third-order valence-electron chi connectivity index (χ3n) is 6.23. The molecule has 1 saturated heterocycles. The van der Waals surface area contributed by atoms with E-state index in [0.29, 0.717) is 35.0 Å². The SMILES string of the molecule is CC1(c2ccccc2)CC(C)(C)N2C(=O)/C(=C3\SC(=O)NC3=O)c3cc(F)cc1c32. The van der Waals surface area contributed by atoms with Gasteiger partial charge in [0.15, 0.2) is 0 Å². The second kappa shape index (κ2) is 6.04. The van der Waals surface area contributed by atoms with Crippen molar-refractivity contribution in [1.29, 1.82) is 0 Å². The minimum atomic E-state index is -0.616. The molecule has 5 rings (SSSR count). The Labute approximate surface area is 177 Å². The molecular formula is C23H19FN2O3S. The van der Waals surface area contributed by atoms with Crippen molar-refractivity contribution in [2.45, 2.75) is 38.1 Å². The average molecular weight is 422 g/mol. The number of amides is 3. The van der Waals surface area contributed by atoms with Gasteiger partial charge in [-0.1, -0.05) is 37.3 Å². The highest BCUT2D eigenvalue weighted by Crippen LogP contribution is 2.57. The molecule has 0 radical (unpaired) electrons. The molecule has 5 nitrogen and oxygen atoms in total. The molecule has 3 aliphatic heterocycles. The normalized spacial score (nSPS) is 26.8. The van der Waals surface area contributed by atoms with Gasteiger partial charge in [0.1, 0.15) is 5.82 Å². The van der Waals surface area contributed by atoms with E-state index in [1.54, 1.807) is 4.90 Å². The third-order valence-corrected chi connectivity index (χ3v) is 7.11. The highest BCUT2D eigenvalue weighted by molar-refractivity contribution is 8.18. The first-order chi connectivity index (χ1) is 14.1. The molecule has 152 valence electrons. The van der Waals surface area contributed by atoms with Crippen LogP contribution in [0.1, 0.15) is 43.9 Å². The summed E-state index contributed by atoms with van der Waals surface area (Å²) in [6, 6.07) is 12.6. The van der Waals surface area contributed by atoms with Gasteiger partial charge in [0.2, 0.25) is 0 Å². The number of anilines is 1. The monoisotopic (exact) mass is 422 g/mol. The first-order valence-electron chi connectivity index (χ1n) is 9.65. The lowest BCUT2D eigenvalue weighted by atomic mass is 9.65. The van der Waals surface area contributed by atoms with Crippen LogP contribution in [0, 0.1) is 5.82 Å². The predicted molar refractivity (Wildman–Crippen MR) is 114 cm³/mol. The molecule has 0 aliphatic carbocycles. The molecule has 2 aromatic carbocycles. The molecule has 0 bridgehead atoms. The summed E-state index contributed by atoms with van der Waals surface area (Å²) in [5.74, 6) is -1.47. The number of imide groups is 1. The summed E-state index contributed by atoms with van der Waals surface area (Å²) in [5.41, 5.74) is 1.71. The molecule has 3 amide bonds. The van der Waals surface area contributed by atoms with E-state index in [0.717, 1.165) is 5.56 Å². The zero-order valence-corrected chi connectivity index (χ0v) is 17.5. The lowest BCUT2D eigenvalue weighted by molar-refractivity contribution is -0.116. The van der Waals surface area contributed by atoms with E-state index in [9.17, 15) is 18.8 Å². The molecular weight excluding hydrogens is 403 g/mol. The Morgan fingerprint density at radius 2 is 1.77 bits per heavy atom. The van der Waals surface area contributed by atoms with Gasteiger partial charge >= 0.3 is 0 Å². The number of rotatable bonds is 1. The van der Waals surface area contributed by atoms with Gasteiger partial charge in [0, 0.05) is 16.5 Å². The topological polar surface area (TPSA) is 66.5 Å². The molecule has 30 heavy (non-hydrogen) atoms. The van der Waals surface area contributed by atoms with Crippen LogP contribution in [0.4, 0.5) is 14.9 Å². The van der Waals surface area contributed by atoms with Gasteiger partial charge in [-0.2, -0.15) is 0 Å². The molecule has 3 heterocycles. The molecule has 1 fully saturated rings. The Balaban J connectivity index is 1.86. The van der Waals surface area contributed by atoms with E-state index in [1.807, 2.05) is 44.2 Å². The number of nitrogens with zero attached hydrogens (tertiary/aromatic N) is 1. The predicted octanol–water partition coefficient (Wildman–Crippen LogP) is 4.35. The van der Waals surface area contributed by atoms with Crippen LogP contribution in [0.15, 0.2) is 47.4 Å².